The van der Waals surface area contributed by atoms with E-state index in [0.717, 1.165) is 0 Å². The molecule has 0 heterocycles. The van der Waals surface area contributed by atoms with Gasteiger partial charge in [-0.1, -0.05) is 35.9 Å². The second-order valence-electron chi connectivity index (χ2n) is 6.00. The van der Waals surface area contributed by atoms with Crippen LogP contribution >= 0.6 is 11.6 Å². The Morgan fingerprint density at radius 2 is 1.17 bits per heavy atom. The van der Waals surface area contributed by atoms with Crippen molar-refractivity contribution in [3.05, 3.63) is 64.7 Å². The fraction of sp³-hybridized carbons (Fsp3) is 0.222. The van der Waals surface area contributed by atoms with Crippen molar-refractivity contribution in [1.29, 1.82) is 0 Å². The molecule has 0 saturated heterocycles. The Balaban J connectivity index is 2.03. The molecule has 2 aromatic carbocycles. The molecule has 2 atom stereocenters. The summed E-state index contributed by atoms with van der Waals surface area (Å²) in [5, 5.41) is 19.8. The van der Waals surface area contributed by atoms with E-state index >= 15 is 0 Å². The Kier molecular flexibility index (Phi) is 4.20. The van der Waals surface area contributed by atoms with Crippen LogP contribution in [0.5, 0.6) is 0 Å². The molecule has 5 nitrogen and oxygen atoms in total. The number of carboxylic acid groups (broad SMARTS) is 2. The molecule has 1 aliphatic carbocycles. The summed E-state index contributed by atoms with van der Waals surface area (Å²) in [6, 6.07) is 13.4. The van der Waals surface area contributed by atoms with Crippen LogP contribution in [0.2, 0.25) is 5.02 Å². The average molecular weight is 346 g/mol. The van der Waals surface area contributed by atoms with Crippen LogP contribution in [0.3, 0.4) is 0 Å². The molecule has 1 aliphatic rings. The predicted octanol–water partition coefficient (Wildman–Crippen LogP) is 3.20. The Morgan fingerprint density at radius 1 is 0.792 bits per heavy atom. The zero-order chi connectivity index (χ0) is 17.4. The maximum Gasteiger partial charge on any atom is 0.307 e. The normalized spacial score (nSPS) is 25.7. The number of nitrogen functional groups attached to an aromatic ring is 1. The van der Waals surface area contributed by atoms with Crippen molar-refractivity contribution in [3.8, 4) is 0 Å². The first-order chi connectivity index (χ1) is 11.4. The van der Waals surface area contributed by atoms with Gasteiger partial charge in [0.25, 0.3) is 0 Å². The standard InChI is InChI=1S/C18H16ClNO4/c19-11-5-1-9(2-6-11)13-15(17(21)22)14(16(13)18(23)24)10-3-7-12(20)8-4-10/h1-8,13-16H,20H2,(H,21,22)(H,23,24). The van der Waals surface area contributed by atoms with E-state index < -0.39 is 35.6 Å². The smallest absolute Gasteiger partial charge is 0.307 e. The summed E-state index contributed by atoms with van der Waals surface area (Å²) in [4.78, 5) is 23.6. The third-order valence-corrected chi connectivity index (χ3v) is 4.95. The highest BCUT2D eigenvalue weighted by atomic mass is 35.5. The molecule has 2 unspecified atom stereocenters. The van der Waals surface area contributed by atoms with Gasteiger partial charge in [-0.15, -0.1) is 0 Å². The van der Waals surface area contributed by atoms with Gasteiger partial charge in [0.15, 0.2) is 0 Å². The molecule has 0 bridgehead atoms. The van der Waals surface area contributed by atoms with E-state index in [1.165, 1.54) is 0 Å². The number of rotatable bonds is 4. The summed E-state index contributed by atoms with van der Waals surface area (Å²) >= 11 is 5.87. The first-order valence-corrected chi connectivity index (χ1v) is 7.84. The molecule has 124 valence electrons. The molecule has 0 aliphatic heterocycles. The Hall–Kier alpha value is -2.53. The van der Waals surface area contributed by atoms with Crippen LogP contribution < -0.4 is 5.73 Å². The number of hydrogen-bond acceptors (Lipinski definition) is 3. The van der Waals surface area contributed by atoms with E-state index in [-0.39, 0.29) is 0 Å². The van der Waals surface area contributed by atoms with Crippen LogP contribution in [0.25, 0.3) is 0 Å². The molecule has 1 fully saturated rings. The maximum atomic E-state index is 11.8. The number of nitrogens with two attached hydrogens (primary N) is 1. The quantitative estimate of drug-likeness (QED) is 0.739. The van der Waals surface area contributed by atoms with Gasteiger partial charge in [0, 0.05) is 22.5 Å². The van der Waals surface area contributed by atoms with Crippen molar-refractivity contribution in [2.75, 3.05) is 5.73 Å². The highest BCUT2D eigenvalue weighted by Gasteiger charge is 2.58. The van der Waals surface area contributed by atoms with Gasteiger partial charge >= 0.3 is 11.9 Å². The number of anilines is 1. The molecule has 0 aromatic heterocycles. The molecule has 3 rings (SSSR count). The summed E-state index contributed by atoms with van der Waals surface area (Å²) in [5.41, 5.74) is 7.56. The summed E-state index contributed by atoms with van der Waals surface area (Å²) in [6.45, 7) is 0. The van der Waals surface area contributed by atoms with E-state index in [9.17, 15) is 19.8 Å². The van der Waals surface area contributed by atoms with E-state index in [1.54, 1.807) is 48.5 Å². The van der Waals surface area contributed by atoms with Crippen molar-refractivity contribution in [2.24, 2.45) is 11.8 Å². The second kappa shape index (κ2) is 6.17. The van der Waals surface area contributed by atoms with Gasteiger partial charge in [0.1, 0.15) is 0 Å². The predicted molar refractivity (Wildman–Crippen MR) is 90.0 cm³/mol. The van der Waals surface area contributed by atoms with Crippen LogP contribution in [0.4, 0.5) is 5.69 Å². The number of benzene rings is 2. The molecule has 1 saturated carbocycles. The van der Waals surface area contributed by atoms with E-state index in [1.807, 2.05) is 0 Å². The van der Waals surface area contributed by atoms with Gasteiger partial charge in [-0.3, -0.25) is 9.59 Å². The number of hydrogen-bond donors (Lipinski definition) is 3. The van der Waals surface area contributed by atoms with Crippen LogP contribution in [0.1, 0.15) is 23.0 Å². The van der Waals surface area contributed by atoms with Crippen molar-refractivity contribution >= 4 is 29.2 Å². The zero-order valence-electron chi connectivity index (χ0n) is 12.6. The summed E-state index contributed by atoms with van der Waals surface area (Å²) in [5.74, 6) is -4.82. The van der Waals surface area contributed by atoms with Crippen molar-refractivity contribution in [3.63, 3.8) is 0 Å². The third-order valence-electron chi connectivity index (χ3n) is 4.69. The van der Waals surface area contributed by atoms with Crippen LogP contribution in [-0.2, 0) is 9.59 Å². The number of carbonyl (C=O) groups is 2. The Morgan fingerprint density at radius 3 is 1.54 bits per heavy atom. The van der Waals surface area contributed by atoms with Crippen molar-refractivity contribution < 1.29 is 19.8 Å². The molecule has 6 heteroatoms. The van der Waals surface area contributed by atoms with Gasteiger partial charge in [0.05, 0.1) is 11.8 Å². The Bertz CT molecular complexity index is 697. The van der Waals surface area contributed by atoms with Gasteiger partial charge < -0.3 is 15.9 Å². The first kappa shape index (κ1) is 16.3. The number of carboxylic acids is 2. The Labute approximate surface area is 143 Å². The van der Waals surface area contributed by atoms with Gasteiger partial charge in [-0.25, -0.2) is 0 Å². The molecule has 24 heavy (non-hydrogen) atoms. The summed E-state index contributed by atoms with van der Waals surface area (Å²) < 4.78 is 0. The van der Waals surface area contributed by atoms with Gasteiger partial charge in [0.2, 0.25) is 0 Å². The lowest BCUT2D eigenvalue weighted by molar-refractivity contribution is -0.159. The molecule has 0 radical (unpaired) electrons. The molecule has 0 amide bonds. The van der Waals surface area contributed by atoms with Crippen LogP contribution in [0, 0.1) is 11.8 Å². The minimum Gasteiger partial charge on any atom is -0.481 e. The molecule has 4 N–H and O–H groups in total. The highest BCUT2D eigenvalue weighted by molar-refractivity contribution is 6.30. The third kappa shape index (κ3) is 2.71. The van der Waals surface area contributed by atoms with E-state index in [2.05, 4.69) is 0 Å². The van der Waals surface area contributed by atoms with Crippen molar-refractivity contribution in [1.82, 2.24) is 0 Å². The fourth-order valence-electron chi connectivity index (χ4n) is 3.60. The van der Waals surface area contributed by atoms with Crippen molar-refractivity contribution in [2.45, 2.75) is 11.8 Å². The SMILES string of the molecule is Nc1ccc(C2C(C(=O)O)C(c3ccc(Cl)cc3)C2C(=O)O)cc1. The minimum absolute atomic E-state index is 0.520. The molecular weight excluding hydrogens is 330 g/mol. The van der Waals surface area contributed by atoms with E-state index in [0.29, 0.717) is 21.8 Å². The molecular formula is C18H16ClNO4. The highest BCUT2D eigenvalue weighted by Crippen LogP contribution is 2.57. The largest absolute Gasteiger partial charge is 0.481 e. The number of halogens is 1. The zero-order valence-corrected chi connectivity index (χ0v) is 13.4. The summed E-state index contributed by atoms with van der Waals surface area (Å²) in [7, 11) is 0. The second-order valence-corrected chi connectivity index (χ2v) is 6.43. The average Bonchev–Trinajstić information content (AvgIpc) is 2.49. The topological polar surface area (TPSA) is 101 Å². The molecule has 0 spiro atoms. The van der Waals surface area contributed by atoms with Crippen LogP contribution in [0.15, 0.2) is 48.5 Å². The monoisotopic (exact) mass is 345 g/mol. The molecule has 2 aromatic rings. The van der Waals surface area contributed by atoms with Crippen LogP contribution in [-0.4, -0.2) is 22.2 Å². The van der Waals surface area contributed by atoms with Gasteiger partial charge in [-0.05, 0) is 35.4 Å². The minimum atomic E-state index is -1.01. The maximum absolute atomic E-state index is 11.8. The van der Waals surface area contributed by atoms with Gasteiger partial charge in [-0.2, -0.15) is 0 Å². The fourth-order valence-corrected chi connectivity index (χ4v) is 3.72. The lowest BCUT2D eigenvalue weighted by Gasteiger charge is -2.48. The lowest BCUT2D eigenvalue weighted by atomic mass is 9.52. The van der Waals surface area contributed by atoms with E-state index in [4.69, 9.17) is 17.3 Å². The summed E-state index contributed by atoms with van der Waals surface area (Å²) in [6.07, 6.45) is 0. The number of aliphatic carboxylic acids is 2. The lowest BCUT2D eigenvalue weighted by Crippen LogP contribution is -2.50. The first-order valence-electron chi connectivity index (χ1n) is 7.46.